The van der Waals surface area contributed by atoms with E-state index in [1.165, 1.54) is 6.07 Å². The van der Waals surface area contributed by atoms with Gasteiger partial charge >= 0.3 is 0 Å². The van der Waals surface area contributed by atoms with Gasteiger partial charge in [-0.3, -0.25) is 9.80 Å². The lowest BCUT2D eigenvalue weighted by Gasteiger charge is -2.24. The van der Waals surface area contributed by atoms with Gasteiger partial charge < -0.3 is 4.42 Å². The van der Waals surface area contributed by atoms with Crippen molar-refractivity contribution in [2.45, 2.75) is 51.5 Å². The Kier molecular flexibility index (Phi) is 6.21. The summed E-state index contributed by atoms with van der Waals surface area (Å²) in [5.74, 6) is 0.570. The van der Waals surface area contributed by atoms with Crippen LogP contribution in [0.1, 0.15) is 56.4 Å². The van der Waals surface area contributed by atoms with E-state index in [1.807, 2.05) is 23.2 Å². The van der Waals surface area contributed by atoms with Gasteiger partial charge in [-0.2, -0.15) is 5.10 Å². The van der Waals surface area contributed by atoms with Crippen LogP contribution in [0, 0.1) is 5.82 Å². The van der Waals surface area contributed by atoms with E-state index in [4.69, 9.17) is 4.42 Å². The summed E-state index contributed by atoms with van der Waals surface area (Å²) in [7, 11) is 0. The van der Waals surface area contributed by atoms with Gasteiger partial charge in [-0.05, 0) is 24.6 Å². The van der Waals surface area contributed by atoms with E-state index in [9.17, 15) is 9.18 Å². The Morgan fingerprint density at radius 2 is 2.12 bits per heavy atom. The van der Waals surface area contributed by atoms with Crippen molar-refractivity contribution in [3.8, 4) is 0 Å². The number of aryl methyl sites for hydroxylation is 1. The number of hydrazone groups is 1. The topological polar surface area (TPSA) is 45.8 Å². The van der Waals surface area contributed by atoms with Crippen LogP contribution in [-0.4, -0.2) is 23.0 Å². The van der Waals surface area contributed by atoms with Crippen molar-refractivity contribution in [2.75, 3.05) is 6.54 Å². The van der Waals surface area contributed by atoms with E-state index in [2.05, 4.69) is 12.0 Å². The van der Waals surface area contributed by atoms with Crippen LogP contribution in [0.2, 0.25) is 0 Å². The maximum absolute atomic E-state index is 14.3. The quantitative estimate of drug-likeness (QED) is 0.600. The first-order valence-corrected chi connectivity index (χ1v) is 9.33. The minimum Gasteiger partial charge on any atom is -0.469 e. The summed E-state index contributed by atoms with van der Waals surface area (Å²) in [5, 5.41) is 6.46. The molecule has 1 aromatic heterocycles. The summed E-state index contributed by atoms with van der Waals surface area (Å²) in [6.07, 6.45) is 6.18. The highest BCUT2D eigenvalue weighted by atomic mass is 19.1. The number of hydrogen-bond acceptors (Lipinski definition) is 4. The molecule has 26 heavy (non-hydrogen) atoms. The molecule has 1 unspecified atom stereocenters. The summed E-state index contributed by atoms with van der Waals surface area (Å²) in [6.45, 7) is 2.88. The van der Waals surface area contributed by atoms with Crippen molar-refractivity contribution in [3.63, 3.8) is 0 Å². The number of Topliss-reactive ketones (excluding diaryl/α,β-unsaturated/α-hetero) is 1. The van der Waals surface area contributed by atoms with Gasteiger partial charge in [0.05, 0.1) is 12.3 Å². The molecule has 0 spiro atoms. The highest BCUT2D eigenvalue weighted by Crippen LogP contribution is 2.33. The van der Waals surface area contributed by atoms with E-state index >= 15 is 0 Å². The summed E-state index contributed by atoms with van der Waals surface area (Å²) < 4.78 is 19.6. The first-order valence-electron chi connectivity index (χ1n) is 9.33. The smallest absolute Gasteiger partial charge is 0.179 e. The van der Waals surface area contributed by atoms with Gasteiger partial charge in [-0.15, -0.1) is 0 Å². The number of carbonyl (C=O) groups is 1. The maximum atomic E-state index is 14.3. The number of halogens is 1. The summed E-state index contributed by atoms with van der Waals surface area (Å²) in [6, 6.07) is 10.3. The normalized spacial score (nSPS) is 16.8. The van der Waals surface area contributed by atoms with Gasteiger partial charge in [0.2, 0.25) is 0 Å². The molecule has 2 aromatic rings. The Morgan fingerprint density at radius 1 is 1.27 bits per heavy atom. The average molecular weight is 356 g/mol. The molecule has 0 amide bonds. The summed E-state index contributed by atoms with van der Waals surface area (Å²) >= 11 is 0. The predicted molar refractivity (Wildman–Crippen MR) is 99.5 cm³/mol. The van der Waals surface area contributed by atoms with Gasteiger partial charge in [-0.25, -0.2) is 4.39 Å². The zero-order chi connectivity index (χ0) is 18.4. The molecule has 0 aliphatic carbocycles. The van der Waals surface area contributed by atoms with Crippen LogP contribution in [0.15, 0.2) is 52.2 Å². The van der Waals surface area contributed by atoms with Crippen molar-refractivity contribution in [2.24, 2.45) is 5.10 Å². The zero-order valence-corrected chi connectivity index (χ0v) is 15.2. The molecular weight excluding hydrogens is 331 g/mol. The Balaban J connectivity index is 1.70. The lowest BCUT2D eigenvalue weighted by Crippen LogP contribution is -2.21. The maximum Gasteiger partial charge on any atom is 0.179 e. The fraction of sp³-hybridized carbons (Fsp3) is 0.429. The van der Waals surface area contributed by atoms with Gasteiger partial charge in [-0.1, -0.05) is 38.0 Å². The lowest BCUT2D eigenvalue weighted by molar-refractivity contribution is -0.113. The summed E-state index contributed by atoms with van der Waals surface area (Å²) in [4.78, 5) is 12.6. The molecule has 2 heterocycles. The highest BCUT2D eigenvalue weighted by molar-refractivity contribution is 6.40. The molecule has 1 aliphatic rings. The molecule has 0 fully saturated rings. The Labute approximate surface area is 153 Å². The minimum absolute atomic E-state index is 0.0146. The van der Waals surface area contributed by atoms with Crippen LogP contribution in [0.4, 0.5) is 4.39 Å². The Hall–Kier alpha value is -2.43. The molecule has 3 rings (SSSR count). The number of benzene rings is 1. The van der Waals surface area contributed by atoms with Crippen LogP contribution < -0.4 is 0 Å². The number of ketones is 1. The van der Waals surface area contributed by atoms with E-state index in [-0.39, 0.29) is 17.6 Å². The predicted octanol–water partition coefficient (Wildman–Crippen LogP) is 4.91. The van der Waals surface area contributed by atoms with Crippen molar-refractivity contribution >= 4 is 11.5 Å². The monoisotopic (exact) mass is 356 g/mol. The van der Waals surface area contributed by atoms with E-state index in [0.29, 0.717) is 30.5 Å². The van der Waals surface area contributed by atoms with Crippen LogP contribution in [-0.2, 0) is 11.2 Å². The third-order valence-corrected chi connectivity index (χ3v) is 4.75. The Bertz CT molecular complexity index is 755. The average Bonchev–Trinajstić information content (AvgIpc) is 3.30. The molecule has 1 aliphatic heterocycles. The second kappa shape index (κ2) is 8.79. The van der Waals surface area contributed by atoms with Crippen molar-refractivity contribution in [1.82, 2.24) is 5.01 Å². The third-order valence-electron chi connectivity index (χ3n) is 4.75. The Morgan fingerprint density at radius 3 is 2.85 bits per heavy atom. The fourth-order valence-corrected chi connectivity index (χ4v) is 3.31. The standard InChI is InChI=1S/C21H25FN2O2/c1-2-3-6-13-24-20(17-9-4-5-10-18(17)22)15-19(23-24)21(25)12-11-16-8-7-14-26-16/h4-5,7-10,14,20H,2-3,6,11-13,15H2,1H3. The van der Waals surface area contributed by atoms with Crippen molar-refractivity contribution in [1.29, 1.82) is 0 Å². The van der Waals surface area contributed by atoms with Crippen LogP contribution in [0.25, 0.3) is 0 Å². The molecule has 4 nitrogen and oxygen atoms in total. The fourth-order valence-electron chi connectivity index (χ4n) is 3.31. The summed E-state index contributed by atoms with van der Waals surface area (Å²) in [5.41, 5.74) is 1.16. The number of rotatable bonds is 9. The highest BCUT2D eigenvalue weighted by Gasteiger charge is 2.32. The molecule has 138 valence electrons. The third kappa shape index (κ3) is 4.40. The van der Waals surface area contributed by atoms with E-state index < -0.39 is 0 Å². The molecule has 0 N–H and O–H groups in total. The molecular formula is C21H25FN2O2. The molecule has 1 aromatic carbocycles. The molecule has 0 bridgehead atoms. The van der Waals surface area contributed by atoms with Gasteiger partial charge in [0, 0.05) is 31.4 Å². The number of nitrogens with zero attached hydrogens (tertiary/aromatic N) is 2. The number of carbonyl (C=O) groups excluding carboxylic acids is 1. The van der Waals surface area contributed by atoms with Crippen LogP contribution in [0.3, 0.4) is 0 Å². The van der Waals surface area contributed by atoms with Crippen molar-refractivity contribution < 1.29 is 13.6 Å². The van der Waals surface area contributed by atoms with Gasteiger partial charge in [0.25, 0.3) is 0 Å². The molecule has 5 heteroatoms. The van der Waals surface area contributed by atoms with Crippen LogP contribution >= 0.6 is 0 Å². The molecule has 1 atom stereocenters. The first kappa shape index (κ1) is 18.4. The van der Waals surface area contributed by atoms with Gasteiger partial charge in [0.1, 0.15) is 17.3 Å². The van der Waals surface area contributed by atoms with E-state index in [1.54, 1.807) is 18.4 Å². The molecule has 0 saturated carbocycles. The zero-order valence-electron chi connectivity index (χ0n) is 15.2. The van der Waals surface area contributed by atoms with Crippen LogP contribution in [0.5, 0.6) is 0 Å². The second-order valence-electron chi connectivity index (χ2n) is 6.66. The second-order valence-corrected chi connectivity index (χ2v) is 6.66. The number of hydrogen-bond donors (Lipinski definition) is 0. The van der Waals surface area contributed by atoms with Crippen molar-refractivity contribution in [3.05, 3.63) is 59.8 Å². The SMILES string of the molecule is CCCCCN1N=C(C(=O)CCc2ccco2)CC1c1ccccc1F. The lowest BCUT2D eigenvalue weighted by atomic mass is 9.98. The minimum atomic E-state index is -0.238. The van der Waals surface area contributed by atoms with Gasteiger partial charge in [0.15, 0.2) is 5.78 Å². The molecule has 0 saturated heterocycles. The largest absolute Gasteiger partial charge is 0.469 e. The van der Waals surface area contributed by atoms with E-state index in [0.717, 1.165) is 31.6 Å². The molecule has 0 radical (unpaired) electrons. The first-order chi connectivity index (χ1) is 12.7. The number of unbranched alkanes of at least 4 members (excludes halogenated alkanes) is 2. The number of furan rings is 1.